The second kappa shape index (κ2) is 4.88. The lowest BCUT2D eigenvalue weighted by atomic mass is 9.80. The zero-order valence-electron chi connectivity index (χ0n) is 12.5. The molecule has 2 nitrogen and oxygen atoms in total. The molecular weight excluding hydrogens is 256 g/mol. The van der Waals surface area contributed by atoms with Crippen LogP contribution in [0.5, 0.6) is 0 Å². The Balaban J connectivity index is 1.84. The van der Waals surface area contributed by atoms with Gasteiger partial charge in [0.05, 0.1) is 0 Å². The van der Waals surface area contributed by atoms with Crippen molar-refractivity contribution in [1.29, 1.82) is 0 Å². The van der Waals surface area contributed by atoms with Crippen LogP contribution in [-0.2, 0) is 0 Å². The van der Waals surface area contributed by atoms with Gasteiger partial charge in [-0.2, -0.15) is 0 Å². The third kappa shape index (κ3) is 1.97. The molecule has 2 aliphatic rings. The van der Waals surface area contributed by atoms with E-state index in [4.69, 9.17) is 5.73 Å². The van der Waals surface area contributed by atoms with Gasteiger partial charge in [0, 0.05) is 17.6 Å². The van der Waals surface area contributed by atoms with E-state index in [-0.39, 0.29) is 0 Å². The van der Waals surface area contributed by atoms with Crippen molar-refractivity contribution < 1.29 is 0 Å². The van der Waals surface area contributed by atoms with Gasteiger partial charge in [-0.1, -0.05) is 36.4 Å². The molecule has 1 aliphatic carbocycles. The highest BCUT2D eigenvalue weighted by Gasteiger charge is 2.42. The fourth-order valence-electron chi connectivity index (χ4n) is 4.20. The highest BCUT2D eigenvalue weighted by atomic mass is 14.9. The molecule has 0 bridgehead atoms. The number of nitrogen functional groups attached to an aromatic ring is 1. The molecule has 0 spiro atoms. The maximum Gasteiger partial charge on any atom is 0.0360 e. The molecule has 0 amide bonds. The minimum absolute atomic E-state index is 0.488. The van der Waals surface area contributed by atoms with Gasteiger partial charge in [0.25, 0.3) is 0 Å². The van der Waals surface area contributed by atoms with Crippen molar-refractivity contribution in [2.45, 2.75) is 31.7 Å². The molecule has 0 radical (unpaired) electrons. The predicted octanol–water partition coefficient (Wildman–Crippen LogP) is 3.76. The molecule has 1 heterocycles. The van der Waals surface area contributed by atoms with Crippen LogP contribution in [0.4, 0.5) is 5.69 Å². The molecule has 2 aromatic carbocycles. The molecule has 4 rings (SSSR count). The van der Waals surface area contributed by atoms with Gasteiger partial charge in [0.1, 0.15) is 0 Å². The molecule has 1 aliphatic heterocycles. The molecule has 108 valence electrons. The zero-order valence-corrected chi connectivity index (χ0v) is 12.5. The number of nitrogens with two attached hydrogens (primary N) is 1. The highest BCUT2D eigenvalue weighted by Crippen LogP contribution is 2.51. The van der Waals surface area contributed by atoms with Crippen molar-refractivity contribution in [3.05, 3.63) is 64.7 Å². The summed E-state index contributed by atoms with van der Waals surface area (Å²) in [6.45, 7) is 3.21. The second-order valence-electron chi connectivity index (χ2n) is 6.46. The largest absolute Gasteiger partial charge is 0.399 e. The minimum atomic E-state index is 0.488. The molecule has 2 heteroatoms. The Morgan fingerprint density at radius 1 is 1.10 bits per heavy atom. The van der Waals surface area contributed by atoms with Crippen molar-refractivity contribution >= 4 is 5.69 Å². The van der Waals surface area contributed by atoms with Crippen molar-refractivity contribution in [3.63, 3.8) is 0 Å². The SMILES string of the molecule is Cc1ccc([C@H]2c3ccccc3[C@H]3NCCC[C@@H]23)cc1N. The molecule has 3 atom stereocenters. The van der Waals surface area contributed by atoms with E-state index in [1.807, 2.05) is 0 Å². The van der Waals surface area contributed by atoms with Crippen LogP contribution in [0.2, 0.25) is 0 Å². The summed E-state index contributed by atoms with van der Waals surface area (Å²) in [6.07, 6.45) is 2.57. The van der Waals surface area contributed by atoms with Crippen molar-refractivity contribution in [3.8, 4) is 0 Å². The van der Waals surface area contributed by atoms with E-state index in [2.05, 4.69) is 54.7 Å². The summed E-state index contributed by atoms with van der Waals surface area (Å²) in [4.78, 5) is 0. The average Bonchev–Trinajstić information content (AvgIpc) is 2.85. The zero-order chi connectivity index (χ0) is 14.4. The van der Waals surface area contributed by atoms with Crippen LogP contribution >= 0.6 is 0 Å². The number of anilines is 1. The molecular formula is C19H22N2. The maximum absolute atomic E-state index is 6.16. The summed E-state index contributed by atoms with van der Waals surface area (Å²) >= 11 is 0. The molecule has 1 saturated heterocycles. The normalized spacial score (nSPS) is 27.2. The van der Waals surface area contributed by atoms with Crippen LogP contribution in [-0.4, -0.2) is 6.54 Å². The number of nitrogens with one attached hydrogen (secondary N) is 1. The number of hydrogen-bond donors (Lipinski definition) is 2. The second-order valence-corrected chi connectivity index (χ2v) is 6.46. The first kappa shape index (κ1) is 12.9. The first-order valence-corrected chi connectivity index (χ1v) is 7.94. The van der Waals surface area contributed by atoms with Crippen molar-refractivity contribution in [2.24, 2.45) is 5.92 Å². The van der Waals surface area contributed by atoms with Crippen LogP contribution in [0, 0.1) is 12.8 Å². The van der Waals surface area contributed by atoms with Crippen molar-refractivity contribution in [1.82, 2.24) is 5.32 Å². The lowest BCUT2D eigenvalue weighted by Crippen LogP contribution is -2.32. The van der Waals surface area contributed by atoms with Gasteiger partial charge < -0.3 is 11.1 Å². The van der Waals surface area contributed by atoms with E-state index in [1.54, 1.807) is 0 Å². The number of aryl methyl sites for hydroxylation is 1. The Labute approximate surface area is 126 Å². The molecule has 2 aromatic rings. The van der Waals surface area contributed by atoms with Gasteiger partial charge in [0.2, 0.25) is 0 Å². The standard InChI is InChI=1S/C19H22N2/c1-12-8-9-13(11-17(12)20)18-14-5-2-3-6-15(14)19-16(18)7-4-10-21-19/h2-3,5-6,8-9,11,16,18-19,21H,4,7,10,20H2,1H3/t16-,18-,19+/m0/s1. The molecule has 0 unspecified atom stereocenters. The topological polar surface area (TPSA) is 38.0 Å². The number of hydrogen-bond acceptors (Lipinski definition) is 2. The average molecular weight is 278 g/mol. The lowest BCUT2D eigenvalue weighted by Gasteiger charge is -2.31. The van der Waals surface area contributed by atoms with Crippen LogP contribution < -0.4 is 11.1 Å². The van der Waals surface area contributed by atoms with Gasteiger partial charge in [-0.15, -0.1) is 0 Å². The quantitative estimate of drug-likeness (QED) is 0.779. The van der Waals surface area contributed by atoms with E-state index in [9.17, 15) is 0 Å². The number of benzene rings is 2. The van der Waals surface area contributed by atoms with E-state index < -0.39 is 0 Å². The van der Waals surface area contributed by atoms with E-state index >= 15 is 0 Å². The maximum atomic E-state index is 6.16. The fourth-order valence-corrected chi connectivity index (χ4v) is 4.20. The number of piperidine rings is 1. The van der Waals surface area contributed by atoms with Gasteiger partial charge >= 0.3 is 0 Å². The molecule has 21 heavy (non-hydrogen) atoms. The monoisotopic (exact) mass is 278 g/mol. The first-order chi connectivity index (χ1) is 10.3. The third-order valence-electron chi connectivity index (χ3n) is 5.26. The minimum Gasteiger partial charge on any atom is -0.399 e. The summed E-state index contributed by atoms with van der Waals surface area (Å²) in [5.74, 6) is 1.15. The van der Waals surface area contributed by atoms with Gasteiger partial charge in [0.15, 0.2) is 0 Å². The first-order valence-electron chi connectivity index (χ1n) is 7.94. The summed E-state index contributed by atoms with van der Waals surface area (Å²) in [7, 11) is 0. The molecule has 3 N–H and O–H groups in total. The molecule has 1 fully saturated rings. The van der Waals surface area contributed by atoms with E-state index in [0.717, 1.165) is 12.2 Å². The van der Waals surface area contributed by atoms with Gasteiger partial charge in [-0.25, -0.2) is 0 Å². The van der Waals surface area contributed by atoms with Crippen LogP contribution in [0.15, 0.2) is 42.5 Å². The Morgan fingerprint density at radius 3 is 2.71 bits per heavy atom. The summed E-state index contributed by atoms with van der Waals surface area (Å²) in [5, 5.41) is 3.73. The van der Waals surface area contributed by atoms with Crippen LogP contribution in [0.3, 0.4) is 0 Å². The Hall–Kier alpha value is -1.80. The Kier molecular flexibility index (Phi) is 3.00. The summed E-state index contributed by atoms with van der Waals surface area (Å²) in [6, 6.07) is 16.1. The van der Waals surface area contributed by atoms with Gasteiger partial charge in [-0.3, -0.25) is 0 Å². The predicted molar refractivity (Wildman–Crippen MR) is 87.3 cm³/mol. The highest BCUT2D eigenvalue weighted by molar-refractivity contribution is 5.53. The van der Waals surface area contributed by atoms with Gasteiger partial charge in [-0.05, 0) is 60.5 Å². The fraction of sp³-hybridized carbons (Fsp3) is 0.368. The molecule has 0 saturated carbocycles. The van der Waals surface area contributed by atoms with E-state index in [1.165, 1.54) is 35.1 Å². The van der Waals surface area contributed by atoms with Crippen LogP contribution in [0.1, 0.15) is 47.1 Å². The van der Waals surface area contributed by atoms with E-state index in [0.29, 0.717) is 17.9 Å². The third-order valence-corrected chi connectivity index (χ3v) is 5.26. The summed E-state index contributed by atoms with van der Waals surface area (Å²) in [5.41, 5.74) is 12.6. The smallest absolute Gasteiger partial charge is 0.0360 e. The van der Waals surface area contributed by atoms with Crippen molar-refractivity contribution in [2.75, 3.05) is 12.3 Å². The Morgan fingerprint density at radius 2 is 1.90 bits per heavy atom. The lowest BCUT2D eigenvalue weighted by molar-refractivity contribution is 0.287. The molecule has 0 aromatic heterocycles. The number of rotatable bonds is 1. The Bertz CT molecular complexity index is 677. The number of fused-ring (bicyclic) bond motifs is 3. The summed E-state index contributed by atoms with van der Waals surface area (Å²) < 4.78 is 0. The van der Waals surface area contributed by atoms with Crippen LogP contribution in [0.25, 0.3) is 0 Å².